The molecule has 1 heterocycles. The molecule has 0 unspecified atom stereocenters. The fourth-order valence-electron chi connectivity index (χ4n) is 1.63. The third-order valence-corrected chi connectivity index (χ3v) is 2.99. The number of hydrogen-bond acceptors (Lipinski definition) is 5. The van der Waals surface area contributed by atoms with Crippen molar-refractivity contribution in [3.63, 3.8) is 0 Å². The molecule has 0 saturated carbocycles. The van der Waals surface area contributed by atoms with Gasteiger partial charge in [0, 0.05) is 22.3 Å². The number of rotatable bonds is 4. The van der Waals surface area contributed by atoms with Crippen molar-refractivity contribution in [2.45, 2.75) is 13.0 Å². The van der Waals surface area contributed by atoms with Gasteiger partial charge < -0.3 is 9.84 Å². The van der Waals surface area contributed by atoms with Crippen LogP contribution in [0.15, 0.2) is 41.0 Å². The van der Waals surface area contributed by atoms with E-state index in [-0.39, 0.29) is 17.3 Å². The van der Waals surface area contributed by atoms with Crippen LogP contribution in [0.3, 0.4) is 0 Å². The zero-order chi connectivity index (χ0) is 14.7. The normalized spacial score (nSPS) is 11.9. The van der Waals surface area contributed by atoms with Gasteiger partial charge in [0.1, 0.15) is 5.75 Å². The molecule has 0 spiro atoms. The molecular formula is C13H11BrN2O4. The molecule has 0 fully saturated rings. The number of aliphatic hydroxyl groups is 1. The highest BCUT2D eigenvalue weighted by Crippen LogP contribution is 2.31. The smallest absolute Gasteiger partial charge is 0.274 e. The van der Waals surface area contributed by atoms with Crippen LogP contribution in [0.2, 0.25) is 0 Å². The molecule has 0 aliphatic heterocycles. The number of aromatic nitrogens is 1. The number of benzene rings is 1. The Kier molecular flexibility index (Phi) is 4.31. The molecule has 6 nitrogen and oxygen atoms in total. The molecule has 0 saturated heterocycles. The Hall–Kier alpha value is -1.99. The molecule has 104 valence electrons. The third-order valence-electron chi connectivity index (χ3n) is 2.53. The minimum atomic E-state index is -0.749. The first-order valence-electron chi connectivity index (χ1n) is 5.73. The van der Waals surface area contributed by atoms with E-state index in [1.165, 1.54) is 18.3 Å². The minimum Gasteiger partial charge on any atom is -0.438 e. The number of nitrogens with zero attached hydrogens (tertiary/aromatic N) is 2. The molecule has 1 aromatic heterocycles. The highest BCUT2D eigenvalue weighted by atomic mass is 79.9. The fraction of sp³-hybridized carbons (Fsp3) is 0.154. The van der Waals surface area contributed by atoms with E-state index in [2.05, 4.69) is 20.9 Å². The Bertz CT molecular complexity index is 646. The highest BCUT2D eigenvalue weighted by Gasteiger charge is 2.14. The van der Waals surface area contributed by atoms with Crippen molar-refractivity contribution in [1.29, 1.82) is 0 Å². The predicted molar refractivity (Wildman–Crippen MR) is 75.7 cm³/mol. The topological polar surface area (TPSA) is 85.5 Å². The van der Waals surface area contributed by atoms with Crippen LogP contribution in [-0.4, -0.2) is 15.0 Å². The van der Waals surface area contributed by atoms with E-state index in [0.29, 0.717) is 10.0 Å². The van der Waals surface area contributed by atoms with Gasteiger partial charge in [-0.15, -0.1) is 0 Å². The lowest BCUT2D eigenvalue weighted by Gasteiger charge is -2.11. The van der Waals surface area contributed by atoms with Gasteiger partial charge >= 0.3 is 0 Å². The highest BCUT2D eigenvalue weighted by molar-refractivity contribution is 9.10. The summed E-state index contributed by atoms with van der Waals surface area (Å²) >= 11 is 3.19. The maximum Gasteiger partial charge on any atom is 0.274 e. The lowest BCUT2D eigenvalue weighted by atomic mass is 10.2. The molecule has 0 amide bonds. The first kappa shape index (κ1) is 14.4. The van der Waals surface area contributed by atoms with E-state index >= 15 is 0 Å². The van der Waals surface area contributed by atoms with Crippen LogP contribution >= 0.6 is 15.9 Å². The van der Waals surface area contributed by atoms with Crippen molar-refractivity contribution >= 4 is 21.6 Å². The van der Waals surface area contributed by atoms with Crippen molar-refractivity contribution in [3.8, 4) is 11.6 Å². The summed E-state index contributed by atoms with van der Waals surface area (Å²) in [6, 6.07) is 7.62. The molecule has 0 aliphatic rings. The van der Waals surface area contributed by atoms with Gasteiger partial charge in [0.2, 0.25) is 5.88 Å². The molecule has 1 aromatic carbocycles. The molecule has 0 bridgehead atoms. The molecule has 7 heteroatoms. The number of pyridine rings is 1. The van der Waals surface area contributed by atoms with Crippen LogP contribution in [-0.2, 0) is 0 Å². The van der Waals surface area contributed by atoms with Crippen LogP contribution in [0.4, 0.5) is 5.69 Å². The first-order chi connectivity index (χ1) is 9.47. The molecular weight excluding hydrogens is 328 g/mol. The van der Waals surface area contributed by atoms with Gasteiger partial charge in [-0.1, -0.05) is 15.9 Å². The van der Waals surface area contributed by atoms with Gasteiger partial charge in [-0.2, -0.15) is 0 Å². The quantitative estimate of drug-likeness (QED) is 0.679. The average molecular weight is 339 g/mol. The summed E-state index contributed by atoms with van der Waals surface area (Å²) in [6.07, 6.45) is 0.772. The Morgan fingerprint density at radius 1 is 1.45 bits per heavy atom. The Morgan fingerprint density at radius 2 is 2.20 bits per heavy atom. The van der Waals surface area contributed by atoms with Gasteiger partial charge in [-0.3, -0.25) is 10.1 Å². The van der Waals surface area contributed by atoms with E-state index in [0.717, 1.165) is 0 Å². The van der Waals surface area contributed by atoms with Gasteiger partial charge in [-0.05, 0) is 25.1 Å². The Morgan fingerprint density at radius 3 is 2.85 bits per heavy atom. The van der Waals surface area contributed by atoms with Crippen molar-refractivity contribution in [2.75, 3.05) is 0 Å². The number of nitro groups is 1. The number of aliphatic hydroxyl groups excluding tert-OH is 1. The Balaban J connectivity index is 2.37. The average Bonchev–Trinajstić information content (AvgIpc) is 2.38. The van der Waals surface area contributed by atoms with Crippen molar-refractivity contribution in [2.24, 2.45) is 0 Å². The number of nitro benzene ring substituents is 1. The molecule has 0 radical (unpaired) electrons. The van der Waals surface area contributed by atoms with Crippen LogP contribution in [0.5, 0.6) is 11.6 Å². The van der Waals surface area contributed by atoms with Crippen LogP contribution in [0.25, 0.3) is 0 Å². The van der Waals surface area contributed by atoms with Crippen molar-refractivity contribution in [3.05, 3.63) is 56.7 Å². The van der Waals surface area contributed by atoms with Gasteiger partial charge in [0.05, 0.1) is 17.1 Å². The van der Waals surface area contributed by atoms with Crippen molar-refractivity contribution < 1.29 is 14.8 Å². The summed E-state index contributed by atoms with van der Waals surface area (Å²) in [5.41, 5.74) is 0.416. The van der Waals surface area contributed by atoms with Gasteiger partial charge in [0.15, 0.2) is 0 Å². The lowest BCUT2D eigenvalue weighted by Crippen LogP contribution is -1.98. The summed E-state index contributed by atoms with van der Waals surface area (Å²) in [7, 11) is 0. The fourth-order valence-corrected chi connectivity index (χ4v) is 2.09. The SMILES string of the molecule is C[C@@H](O)c1cccnc1Oc1cc(Br)cc([N+](=O)[O-])c1. The second-order valence-corrected chi connectivity index (χ2v) is 4.99. The standard InChI is InChI=1S/C13H11BrN2O4/c1-8(17)12-3-2-4-15-13(12)20-11-6-9(14)5-10(7-11)16(18)19/h2-8,17H,1H3/t8-/m1/s1. The Labute approximate surface area is 123 Å². The van der Waals surface area contributed by atoms with E-state index in [1.54, 1.807) is 25.1 Å². The monoisotopic (exact) mass is 338 g/mol. The second-order valence-electron chi connectivity index (χ2n) is 4.08. The first-order valence-corrected chi connectivity index (χ1v) is 6.52. The zero-order valence-electron chi connectivity index (χ0n) is 10.5. The summed E-state index contributed by atoms with van der Waals surface area (Å²) in [5.74, 6) is 0.488. The predicted octanol–water partition coefficient (Wildman–Crippen LogP) is 3.60. The van der Waals surface area contributed by atoms with Crippen LogP contribution < -0.4 is 4.74 Å². The third kappa shape index (κ3) is 3.31. The van der Waals surface area contributed by atoms with Crippen LogP contribution in [0, 0.1) is 10.1 Å². The number of halogens is 1. The van der Waals surface area contributed by atoms with E-state index in [4.69, 9.17) is 4.74 Å². The molecule has 1 N–H and O–H groups in total. The summed E-state index contributed by atoms with van der Waals surface area (Å²) < 4.78 is 6.06. The molecule has 2 rings (SSSR count). The maximum atomic E-state index is 10.8. The number of hydrogen-bond donors (Lipinski definition) is 1. The summed E-state index contributed by atoms with van der Waals surface area (Å²) in [5, 5.41) is 20.4. The molecule has 20 heavy (non-hydrogen) atoms. The van der Waals surface area contributed by atoms with Gasteiger partial charge in [-0.25, -0.2) is 4.98 Å². The second kappa shape index (κ2) is 5.98. The van der Waals surface area contributed by atoms with E-state index < -0.39 is 11.0 Å². The molecule has 2 aromatic rings. The maximum absolute atomic E-state index is 10.8. The zero-order valence-corrected chi connectivity index (χ0v) is 12.1. The van der Waals surface area contributed by atoms with E-state index in [1.807, 2.05) is 0 Å². The summed E-state index contributed by atoms with van der Waals surface area (Å²) in [4.78, 5) is 14.3. The van der Waals surface area contributed by atoms with E-state index in [9.17, 15) is 15.2 Å². The lowest BCUT2D eigenvalue weighted by molar-refractivity contribution is -0.385. The minimum absolute atomic E-state index is 0.0936. The summed E-state index contributed by atoms with van der Waals surface area (Å²) in [6.45, 7) is 1.59. The number of non-ortho nitro benzene ring substituents is 1. The van der Waals surface area contributed by atoms with Gasteiger partial charge in [0.25, 0.3) is 5.69 Å². The number of ether oxygens (including phenoxy) is 1. The van der Waals surface area contributed by atoms with Crippen molar-refractivity contribution in [1.82, 2.24) is 4.98 Å². The van der Waals surface area contributed by atoms with Crippen LogP contribution in [0.1, 0.15) is 18.6 Å². The molecule has 0 aliphatic carbocycles. The largest absolute Gasteiger partial charge is 0.438 e. The molecule has 1 atom stereocenters.